The normalized spacial score (nSPS) is 20.4. The van der Waals surface area contributed by atoms with E-state index >= 15 is 0 Å². The van der Waals surface area contributed by atoms with Crippen LogP contribution in [-0.2, 0) is 4.79 Å². The lowest BCUT2D eigenvalue weighted by atomic mass is 9.79. The van der Waals surface area contributed by atoms with E-state index < -0.39 is 11.7 Å². The molecule has 0 radical (unpaired) electrons. The van der Waals surface area contributed by atoms with Crippen LogP contribution in [0.5, 0.6) is 0 Å². The van der Waals surface area contributed by atoms with Crippen molar-refractivity contribution in [1.82, 2.24) is 15.3 Å². The molecular weight excluding hydrogens is 426 g/mol. The molecule has 0 saturated heterocycles. The number of carbonyl (C=O) groups is 1. The first kappa shape index (κ1) is 26.0. The Hall–Kier alpha value is -3.23. The Kier molecular flexibility index (Phi) is 9.57. The van der Waals surface area contributed by atoms with E-state index in [1.807, 2.05) is 24.8 Å². The van der Waals surface area contributed by atoms with Gasteiger partial charge in [-0.25, -0.2) is 18.7 Å². The highest BCUT2D eigenvalue weighted by Gasteiger charge is 2.28. The first-order chi connectivity index (χ1) is 15.7. The van der Waals surface area contributed by atoms with Gasteiger partial charge in [0, 0.05) is 43.1 Å². The number of carbonyl (C=O) groups excluding carboxylic acids is 1. The fraction of sp³-hybridized carbons (Fsp3) is 0.458. The van der Waals surface area contributed by atoms with Crippen molar-refractivity contribution in [2.45, 2.75) is 46.5 Å². The van der Waals surface area contributed by atoms with Crippen molar-refractivity contribution in [1.29, 1.82) is 0 Å². The van der Waals surface area contributed by atoms with E-state index in [2.05, 4.69) is 10.3 Å². The predicted octanol–water partition coefficient (Wildman–Crippen LogP) is 3.73. The molecule has 0 fully saturated rings. The summed E-state index contributed by atoms with van der Waals surface area (Å²) < 4.78 is 28.2. The zero-order chi connectivity index (χ0) is 24.5. The van der Waals surface area contributed by atoms with Gasteiger partial charge in [0.25, 0.3) is 0 Å². The van der Waals surface area contributed by atoms with Gasteiger partial charge in [-0.2, -0.15) is 0 Å². The zero-order valence-corrected chi connectivity index (χ0v) is 19.7. The highest BCUT2D eigenvalue weighted by atomic mass is 19.1. The van der Waals surface area contributed by atoms with Crippen molar-refractivity contribution in [3.05, 3.63) is 64.3 Å². The minimum absolute atomic E-state index is 0.000683. The Bertz CT molecular complexity index is 965. The fourth-order valence-corrected chi connectivity index (χ4v) is 4.00. The van der Waals surface area contributed by atoms with Crippen LogP contribution in [-0.4, -0.2) is 36.0 Å². The smallest absolute Gasteiger partial charge is 0.225 e. The van der Waals surface area contributed by atoms with Crippen molar-refractivity contribution in [3.8, 4) is 0 Å². The summed E-state index contributed by atoms with van der Waals surface area (Å²) in [5.74, 6) is -0.939. The third-order valence-electron chi connectivity index (χ3n) is 5.86. The molecule has 0 aromatic carbocycles. The lowest BCUT2D eigenvalue weighted by molar-refractivity contribution is -0.109. The SMILES string of the molecule is C\C=C(F)/C(C(/N)=C/C1=C(N)C(c2ccnc(N(CC)CCNC=O)n2)CC[C@@H]1C)=C(\C)F. The molecule has 9 heteroatoms. The fourth-order valence-electron chi connectivity index (χ4n) is 4.00. The number of hydrogen-bond acceptors (Lipinski definition) is 6. The predicted molar refractivity (Wildman–Crippen MR) is 127 cm³/mol. The molecule has 0 aliphatic heterocycles. The second-order valence-electron chi connectivity index (χ2n) is 8.02. The van der Waals surface area contributed by atoms with Crippen LogP contribution in [0.15, 0.2) is 58.6 Å². The van der Waals surface area contributed by atoms with Gasteiger partial charge in [-0.1, -0.05) is 13.0 Å². The Morgan fingerprint density at radius 1 is 1.36 bits per heavy atom. The molecule has 0 saturated carbocycles. The third kappa shape index (κ3) is 6.40. The molecule has 1 amide bonds. The van der Waals surface area contributed by atoms with E-state index in [0.717, 1.165) is 24.1 Å². The lowest BCUT2D eigenvalue weighted by Crippen LogP contribution is -2.33. The van der Waals surface area contributed by atoms with E-state index in [1.54, 1.807) is 12.3 Å². The summed E-state index contributed by atoms with van der Waals surface area (Å²) in [5.41, 5.74) is 14.5. The Labute approximate surface area is 194 Å². The number of halogens is 2. The Balaban J connectivity index is 2.43. The van der Waals surface area contributed by atoms with Crippen LogP contribution < -0.4 is 21.7 Å². The first-order valence-corrected chi connectivity index (χ1v) is 11.2. The summed E-state index contributed by atoms with van der Waals surface area (Å²) >= 11 is 0. The molecule has 1 aromatic heterocycles. The van der Waals surface area contributed by atoms with Crippen molar-refractivity contribution in [2.75, 3.05) is 24.5 Å². The number of anilines is 1. The Morgan fingerprint density at radius 3 is 2.70 bits per heavy atom. The highest BCUT2D eigenvalue weighted by molar-refractivity contribution is 5.48. The summed E-state index contributed by atoms with van der Waals surface area (Å²) in [6.07, 6.45) is 6.72. The summed E-state index contributed by atoms with van der Waals surface area (Å²) in [6, 6.07) is 1.83. The largest absolute Gasteiger partial charge is 0.401 e. The van der Waals surface area contributed by atoms with Gasteiger partial charge in [0.2, 0.25) is 12.4 Å². The maximum atomic E-state index is 14.2. The summed E-state index contributed by atoms with van der Waals surface area (Å²) in [6.45, 7) is 8.40. The number of allylic oxidation sites excluding steroid dienone is 6. The standard InChI is InChI=1S/C24H34F2N6O/c1-5-19(26)22(16(4)25)20(27)13-18-15(3)7-8-17(23(18)28)21-9-10-30-24(31-21)32(6-2)12-11-29-14-33/h5,9-10,13-15,17H,6-8,11-12,27-28H2,1-4H3,(H,29,33)/b19-5+,20-13-,22-16-/t15-,17?/m0/s1. The number of nitrogens with two attached hydrogens (primary N) is 2. The van der Waals surface area contributed by atoms with Crippen LogP contribution >= 0.6 is 0 Å². The molecule has 2 rings (SSSR count). The van der Waals surface area contributed by atoms with Crippen LogP contribution in [0.1, 0.15) is 52.1 Å². The maximum Gasteiger partial charge on any atom is 0.225 e. The molecule has 1 aliphatic rings. The minimum Gasteiger partial charge on any atom is -0.401 e. The van der Waals surface area contributed by atoms with E-state index in [0.29, 0.717) is 37.7 Å². The number of hydrogen-bond donors (Lipinski definition) is 3. The molecule has 1 unspecified atom stereocenters. The highest BCUT2D eigenvalue weighted by Crippen LogP contribution is 2.39. The third-order valence-corrected chi connectivity index (χ3v) is 5.86. The van der Waals surface area contributed by atoms with Crippen LogP contribution in [0.25, 0.3) is 0 Å². The van der Waals surface area contributed by atoms with Crippen LogP contribution in [0.4, 0.5) is 14.7 Å². The average molecular weight is 461 g/mol. The quantitative estimate of drug-likeness (QED) is 0.279. The first-order valence-electron chi connectivity index (χ1n) is 11.2. The van der Waals surface area contributed by atoms with E-state index in [9.17, 15) is 13.6 Å². The number of nitrogens with zero attached hydrogens (tertiary/aromatic N) is 3. The molecule has 1 heterocycles. The summed E-state index contributed by atoms with van der Waals surface area (Å²) in [5, 5.41) is 2.64. The number of likely N-dealkylation sites (N-methyl/N-ethyl adjacent to an activating group) is 1. The van der Waals surface area contributed by atoms with Gasteiger partial charge in [0.05, 0.1) is 11.3 Å². The van der Waals surface area contributed by atoms with E-state index in [4.69, 9.17) is 16.5 Å². The Morgan fingerprint density at radius 2 is 2.09 bits per heavy atom. The van der Waals surface area contributed by atoms with Crippen molar-refractivity contribution in [3.63, 3.8) is 0 Å². The number of aromatic nitrogens is 2. The van der Waals surface area contributed by atoms with Crippen LogP contribution in [0, 0.1) is 5.92 Å². The van der Waals surface area contributed by atoms with Gasteiger partial charge in [-0.15, -0.1) is 0 Å². The van der Waals surface area contributed by atoms with Gasteiger partial charge in [0.1, 0.15) is 11.7 Å². The van der Waals surface area contributed by atoms with E-state index in [-0.39, 0.29) is 23.1 Å². The molecule has 0 spiro atoms. The van der Waals surface area contributed by atoms with Crippen molar-refractivity contribution >= 4 is 12.4 Å². The molecule has 0 bridgehead atoms. The molecule has 33 heavy (non-hydrogen) atoms. The van der Waals surface area contributed by atoms with Gasteiger partial charge < -0.3 is 21.7 Å². The number of rotatable bonds is 10. The van der Waals surface area contributed by atoms with Crippen molar-refractivity contribution in [2.24, 2.45) is 17.4 Å². The molecule has 7 nitrogen and oxygen atoms in total. The monoisotopic (exact) mass is 460 g/mol. The van der Waals surface area contributed by atoms with Crippen molar-refractivity contribution < 1.29 is 13.6 Å². The van der Waals surface area contributed by atoms with Gasteiger partial charge >= 0.3 is 0 Å². The number of nitrogens with one attached hydrogen (secondary N) is 1. The summed E-state index contributed by atoms with van der Waals surface area (Å²) in [4.78, 5) is 21.6. The van der Waals surface area contributed by atoms with Gasteiger partial charge in [-0.05, 0) is 57.2 Å². The maximum absolute atomic E-state index is 14.2. The lowest BCUT2D eigenvalue weighted by Gasteiger charge is -2.30. The minimum atomic E-state index is -0.716. The molecular formula is C24H34F2N6O. The van der Waals surface area contributed by atoms with Gasteiger partial charge in [-0.3, -0.25) is 4.79 Å². The van der Waals surface area contributed by atoms with Gasteiger partial charge in [0.15, 0.2) is 0 Å². The molecule has 1 aromatic rings. The van der Waals surface area contributed by atoms with Crippen LogP contribution in [0.3, 0.4) is 0 Å². The van der Waals surface area contributed by atoms with Crippen LogP contribution in [0.2, 0.25) is 0 Å². The second kappa shape index (κ2) is 12.1. The molecule has 180 valence electrons. The molecule has 5 N–H and O–H groups in total. The second-order valence-corrected chi connectivity index (χ2v) is 8.02. The number of amides is 1. The van der Waals surface area contributed by atoms with E-state index in [1.165, 1.54) is 19.9 Å². The zero-order valence-electron chi connectivity index (χ0n) is 19.7. The molecule has 1 aliphatic carbocycles. The average Bonchev–Trinajstić information content (AvgIpc) is 2.79. The summed E-state index contributed by atoms with van der Waals surface area (Å²) in [7, 11) is 0. The topological polar surface area (TPSA) is 110 Å². The molecule has 2 atom stereocenters.